The first kappa shape index (κ1) is 15.1. The molecular formula is C18H22N2O. The van der Waals surface area contributed by atoms with Gasteiger partial charge < -0.3 is 10.2 Å². The number of rotatable bonds is 5. The highest BCUT2D eigenvalue weighted by Crippen LogP contribution is 2.23. The van der Waals surface area contributed by atoms with Crippen LogP contribution >= 0.6 is 0 Å². The van der Waals surface area contributed by atoms with Crippen molar-refractivity contribution in [2.24, 2.45) is 0 Å². The Labute approximate surface area is 126 Å². The van der Waals surface area contributed by atoms with E-state index in [1.807, 2.05) is 48.5 Å². The van der Waals surface area contributed by atoms with E-state index in [1.165, 1.54) is 0 Å². The monoisotopic (exact) mass is 282 g/mol. The number of hydrogen-bond donors (Lipinski definition) is 1. The van der Waals surface area contributed by atoms with Crippen LogP contribution in [0.3, 0.4) is 0 Å². The van der Waals surface area contributed by atoms with E-state index >= 15 is 0 Å². The Balaban J connectivity index is 2.26. The van der Waals surface area contributed by atoms with Gasteiger partial charge in [0.05, 0.1) is 0 Å². The van der Waals surface area contributed by atoms with Crippen LogP contribution < -0.4 is 5.32 Å². The number of carbonyl (C=O) groups excluding carboxylic acids is 1. The first-order valence-corrected chi connectivity index (χ1v) is 7.17. The number of hydrogen-bond acceptors (Lipinski definition) is 2. The van der Waals surface area contributed by atoms with Gasteiger partial charge in [0.2, 0.25) is 5.91 Å². The lowest BCUT2D eigenvalue weighted by molar-refractivity contribution is -0.129. The Morgan fingerprint density at radius 1 is 0.952 bits per heavy atom. The number of amides is 1. The molecule has 2 atom stereocenters. The molecule has 0 fully saturated rings. The molecule has 0 unspecified atom stereocenters. The van der Waals surface area contributed by atoms with Crippen LogP contribution in [-0.4, -0.2) is 30.9 Å². The van der Waals surface area contributed by atoms with Crippen molar-refractivity contribution >= 4 is 11.6 Å². The molecule has 21 heavy (non-hydrogen) atoms. The lowest BCUT2D eigenvalue weighted by atomic mass is 9.92. The third-order valence-electron chi connectivity index (χ3n) is 3.63. The molecule has 0 heterocycles. The summed E-state index contributed by atoms with van der Waals surface area (Å²) in [4.78, 5) is 14.2. The lowest BCUT2D eigenvalue weighted by Gasteiger charge is -2.28. The molecule has 0 aliphatic carbocycles. The molecule has 110 valence electrons. The van der Waals surface area contributed by atoms with Gasteiger partial charge in [0.25, 0.3) is 0 Å². The third kappa shape index (κ3) is 3.85. The van der Waals surface area contributed by atoms with Crippen molar-refractivity contribution in [1.29, 1.82) is 0 Å². The van der Waals surface area contributed by atoms with Crippen LogP contribution in [0.2, 0.25) is 0 Å². The minimum absolute atomic E-state index is 0.0789. The SMILES string of the molecule is C[C@@H](c1ccccc1)[C@H](Nc1ccccc1)C(=O)N(C)C. The van der Waals surface area contributed by atoms with Gasteiger partial charge in [0.1, 0.15) is 6.04 Å². The van der Waals surface area contributed by atoms with Crippen molar-refractivity contribution in [2.75, 3.05) is 19.4 Å². The number of anilines is 1. The Kier molecular flexibility index (Phi) is 4.99. The predicted octanol–water partition coefficient (Wildman–Crippen LogP) is 3.36. The molecule has 0 aliphatic rings. The van der Waals surface area contributed by atoms with Crippen LogP contribution in [-0.2, 0) is 4.79 Å². The van der Waals surface area contributed by atoms with Gasteiger partial charge in [-0.25, -0.2) is 0 Å². The summed E-state index contributed by atoms with van der Waals surface area (Å²) in [6.07, 6.45) is 0. The van der Waals surface area contributed by atoms with Crippen molar-refractivity contribution in [3.8, 4) is 0 Å². The second-order valence-electron chi connectivity index (χ2n) is 5.42. The number of para-hydroxylation sites is 1. The molecule has 0 aromatic heterocycles. The molecule has 0 radical (unpaired) electrons. The van der Waals surface area contributed by atoms with Crippen molar-refractivity contribution < 1.29 is 4.79 Å². The summed E-state index contributed by atoms with van der Waals surface area (Å²) in [6.45, 7) is 2.08. The highest BCUT2D eigenvalue weighted by Gasteiger charge is 2.27. The van der Waals surface area contributed by atoms with E-state index < -0.39 is 0 Å². The Hall–Kier alpha value is -2.29. The smallest absolute Gasteiger partial charge is 0.245 e. The number of likely N-dealkylation sites (N-methyl/N-ethyl adjacent to an activating group) is 1. The highest BCUT2D eigenvalue weighted by molar-refractivity contribution is 5.85. The molecule has 1 amide bonds. The van der Waals surface area contributed by atoms with E-state index in [0.717, 1.165) is 11.3 Å². The highest BCUT2D eigenvalue weighted by atomic mass is 16.2. The molecule has 3 nitrogen and oxygen atoms in total. The van der Waals surface area contributed by atoms with Gasteiger partial charge in [-0.15, -0.1) is 0 Å². The third-order valence-corrected chi connectivity index (χ3v) is 3.63. The Morgan fingerprint density at radius 2 is 1.48 bits per heavy atom. The normalized spacial score (nSPS) is 13.3. The fraction of sp³-hybridized carbons (Fsp3) is 0.278. The van der Waals surface area contributed by atoms with Gasteiger partial charge in [0, 0.05) is 25.7 Å². The molecular weight excluding hydrogens is 260 g/mol. The summed E-state index contributed by atoms with van der Waals surface area (Å²) in [5, 5.41) is 3.37. The van der Waals surface area contributed by atoms with Crippen LogP contribution in [0.4, 0.5) is 5.69 Å². The Morgan fingerprint density at radius 3 is 2.00 bits per heavy atom. The van der Waals surface area contributed by atoms with Gasteiger partial charge >= 0.3 is 0 Å². The van der Waals surface area contributed by atoms with E-state index in [-0.39, 0.29) is 17.9 Å². The summed E-state index contributed by atoms with van der Waals surface area (Å²) in [7, 11) is 3.58. The maximum absolute atomic E-state index is 12.5. The first-order valence-electron chi connectivity index (χ1n) is 7.17. The number of nitrogens with one attached hydrogen (secondary N) is 1. The minimum atomic E-state index is -0.287. The van der Waals surface area contributed by atoms with Gasteiger partial charge in [0.15, 0.2) is 0 Å². The summed E-state index contributed by atoms with van der Waals surface area (Å²) < 4.78 is 0. The van der Waals surface area contributed by atoms with Crippen LogP contribution in [0.25, 0.3) is 0 Å². The molecule has 2 rings (SSSR count). The second-order valence-corrected chi connectivity index (χ2v) is 5.42. The summed E-state index contributed by atoms with van der Waals surface area (Å²) in [6, 6.07) is 19.7. The van der Waals surface area contributed by atoms with E-state index in [2.05, 4.69) is 24.4 Å². The zero-order valence-electron chi connectivity index (χ0n) is 12.8. The second kappa shape index (κ2) is 6.93. The van der Waals surface area contributed by atoms with Crippen molar-refractivity contribution in [2.45, 2.75) is 18.9 Å². The molecule has 1 N–H and O–H groups in total. The number of nitrogens with zero attached hydrogens (tertiary/aromatic N) is 1. The Bertz CT molecular complexity index is 566. The van der Waals surface area contributed by atoms with Crippen LogP contribution in [0.15, 0.2) is 60.7 Å². The average Bonchev–Trinajstić information content (AvgIpc) is 2.53. The standard InChI is InChI=1S/C18H22N2O/c1-14(15-10-6-4-7-11-15)17(18(21)20(2)3)19-16-12-8-5-9-13-16/h4-14,17,19H,1-3H3/t14-,17-/m0/s1. The molecule has 3 heteroatoms. The minimum Gasteiger partial charge on any atom is -0.373 e. The molecule has 0 spiro atoms. The quantitative estimate of drug-likeness (QED) is 0.912. The van der Waals surface area contributed by atoms with E-state index in [0.29, 0.717) is 0 Å². The zero-order valence-corrected chi connectivity index (χ0v) is 12.8. The number of carbonyl (C=O) groups is 1. The van der Waals surface area contributed by atoms with Gasteiger partial charge in [-0.2, -0.15) is 0 Å². The topological polar surface area (TPSA) is 32.3 Å². The van der Waals surface area contributed by atoms with Crippen LogP contribution in [0, 0.1) is 0 Å². The summed E-state index contributed by atoms with van der Waals surface area (Å²) >= 11 is 0. The summed E-state index contributed by atoms with van der Waals surface area (Å²) in [5.41, 5.74) is 2.11. The van der Waals surface area contributed by atoms with Crippen molar-refractivity contribution in [3.63, 3.8) is 0 Å². The molecule has 2 aromatic carbocycles. The molecule has 2 aromatic rings. The van der Waals surface area contributed by atoms with E-state index in [9.17, 15) is 4.79 Å². The first-order chi connectivity index (χ1) is 10.1. The van der Waals surface area contributed by atoms with Crippen LogP contribution in [0.5, 0.6) is 0 Å². The summed E-state index contributed by atoms with van der Waals surface area (Å²) in [5.74, 6) is 0.163. The maximum Gasteiger partial charge on any atom is 0.245 e. The largest absolute Gasteiger partial charge is 0.373 e. The van der Waals surface area contributed by atoms with Gasteiger partial charge in [-0.1, -0.05) is 55.5 Å². The lowest BCUT2D eigenvalue weighted by Crippen LogP contribution is -2.42. The fourth-order valence-electron chi connectivity index (χ4n) is 2.34. The van der Waals surface area contributed by atoms with Gasteiger partial charge in [-0.05, 0) is 17.7 Å². The molecule has 0 saturated heterocycles. The average molecular weight is 282 g/mol. The number of benzene rings is 2. The van der Waals surface area contributed by atoms with Gasteiger partial charge in [-0.3, -0.25) is 4.79 Å². The predicted molar refractivity (Wildman–Crippen MR) is 87.4 cm³/mol. The molecule has 0 aliphatic heterocycles. The molecule has 0 saturated carbocycles. The fourth-order valence-corrected chi connectivity index (χ4v) is 2.34. The maximum atomic E-state index is 12.5. The van der Waals surface area contributed by atoms with Crippen molar-refractivity contribution in [3.05, 3.63) is 66.2 Å². The zero-order chi connectivity index (χ0) is 15.2. The molecule has 0 bridgehead atoms. The van der Waals surface area contributed by atoms with Crippen LogP contribution in [0.1, 0.15) is 18.4 Å². The van der Waals surface area contributed by atoms with Crippen molar-refractivity contribution in [1.82, 2.24) is 4.90 Å². The van der Waals surface area contributed by atoms with E-state index in [4.69, 9.17) is 0 Å². The van der Waals surface area contributed by atoms with E-state index in [1.54, 1.807) is 19.0 Å².